The molecule has 3 rings (SSSR count). The van der Waals surface area contributed by atoms with Crippen molar-refractivity contribution in [2.24, 2.45) is 0 Å². The van der Waals surface area contributed by atoms with Gasteiger partial charge in [-0.05, 0) is 68.1 Å². The molecule has 27 heavy (non-hydrogen) atoms. The van der Waals surface area contributed by atoms with Crippen LogP contribution >= 0.6 is 0 Å². The molecule has 1 aliphatic rings. The molecular weight excluding hydrogens is 340 g/mol. The minimum Gasteiger partial charge on any atom is -0.494 e. The van der Waals surface area contributed by atoms with Crippen LogP contribution in [0.1, 0.15) is 53.3 Å². The summed E-state index contributed by atoms with van der Waals surface area (Å²) in [6.07, 6.45) is 4.25. The molecule has 0 aliphatic carbocycles. The number of hydrogen-bond donors (Lipinski definition) is 1. The van der Waals surface area contributed by atoms with E-state index < -0.39 is 0 Å². The molecule has 1 fully saturated rings. The maximum absolute atomic E-state index is 12.5. The third kappa shape index (κ3) is 5.09. The van der Waals surface area contributed by atoms with E-state index >= 15 is 0 Å². The topological polar surface area (TPSA) is 58.6 Å². The number of ether oxygens (including phenoxy) is 1. The molecule has 2 aromatic rings. The lowest BCUT2D eigenvalue weighted by atomic mass is 10.1. The fourth-order valence-electron chi connectivity index (χ4n) is 3.13. The van der Waals surface area contributed by atoms with Gasteiger partial charge in [0.25, 0.3) is 11.8 Å². The van der Waals surface area contributed by atoms with Crippen molar-refractivity contribution in [1.29, 1.82) is 0 Å². The molecule has 2 amide bonds. The summed E-state index contributed by atoms with van der Waals surface area (Å²) >= 11 is 0. The van der Waals surface area contributed by atoms with Crippen LogP contribution in [0.15, 0.2) is 48.5 Å². The molecule has 0 spiro atoms. The monoisotopic (exact) mass is 366 g/mol. The molecule has 0 atom stereocenters. The molecule has 2 aromatic carbocycles. The van der Waals surface area contributed by atoms with E-state index in [1.165, 1.54) is 6.42 Å². The number of piperidine rings is 1. The van der Waals surface area contributed by atoms with Crippen molar-refractivity contribution in [1.82, 2.24) is 4.90 Å². The number of anilines is 1. The van der Waals surface area contributed by atoms with Crippen LogP contribution in [0.5, 0.6) is 5.75 Å². The van der Waals surface area contributed by atoms with Gasteiger partial charge in [0, 0.05) is 29.9 Å². The van der Waals surface area contributed by atoms with Gasteiger partial charge in [0.15, 0.2) is 0 Å². The van der Waals surface area contributed by atoms with Gasteiger partial charge in [0.2, 0.25) is 0 Å². The molecule has 1 N–H and O–H groups in total. The van der Waals surface area contributed by atoms with Crippen LogP contribution in [0.3, 0.4) is 0 Å². The average molecular weight is 366 g/mol. The van der Waals surface area contributed by atoms with Gasteiger partial charge in [-0.2, -0.15) is 0 Å². The summed E-state index contributed by atoms with van der Waals surface area (Å²) in [5.74, 6) is 0.549. The highest BCUT2D eigenvalue weighted by molar-refractivity contribution is 6.04. The molecule has 0 bridgehead atoms. The fraction of sp³-hybridized carbons (Fsp3) is 0.364. The highest BCUT2D eigenvalue weighted by Crippen LogP contribution is 2.18. The Balaban J connectivity index is 1.62. The molecule has 5 heteroatoms. The minimum absolute atomic E-state index is 0.0633. The average Bonchev–Trinajstić information content (AvgIpc) is 2.73. The Kier molecular flexibility index (Phi) is 6.47. The number of amides is 2. The standard InChI is InChI=1S/C22H26N2O3/c1-2-15-27-20-8-6-7-18(16-20)21(25)23-19-11-9-17(10-12-19)22(26)24-13-4-3-5-14-24/h6-12,16H,2-5,13-15H2,1H3,(H,23,25). The van der Waals surface area contributed by atoms with Crippen LogP contribution in [0.2, 0.25) is 0 Å². The Bertz CT molecular complexity index is 780. The minimum atomic E-state index is -0.202. The lowest BCUT2D eigenvalue weighted by Gasteiger charge is -2.26. The van der Waals surface area contributed by atoms with Crippen LogP contribution in [-0.4, -0.2) is 36.4 Å². The maximum Gasteiger partial charge on any atom is 0.255 e. The molecule has 0 radical (unpaired) electrons. The van der Waals surface area contributed by atoms with E-state index in [0.29, 0.717) is 29.2 Å². The number of benzene rings is 2. The van der Waals surface area contributed by atoms with Crippen molar-refractivity contribution in [2.75, 3.05) is 25.0 Å². The predicted molar refractivity (Wildman–Crippen MR) is 106 cm³/mol. The SMILES string of the molecule is CCCOc1cccc(C(=O)Nc2ccc(C(=O)N3CCCCC3)cc2)c1. The summed E-state index contributed by atoms with van der Waals surface area (Å²) in [6, 6.07) is 14.2. The first kappa shape index (κ1) is 19.0. The first-order valence-electron chi connectivity index (χ1n) is 9.61. The van der Waals surface area contributed by atoms with Gasteiger partial charge in [-0.1, -0.05) is 13.0 Å². The van der Waals surface area contributed by atoms with E-state index in [1.54, 1.807) is 42.5 Å². The first-order valence-corrected chi connectivity index (χ1v) is 9.61. The lowest BCUT2D eigenvalue weighted by molar-refractivity contribution is 0.0724. The van der Waals surface area contributed by atoms with E-state index in [9.17, 15) is 9.59 Å². The normalized spacial score (nSPS) is 13.9. The van der Waals surface area contributed by atoms with Crippen LogP contribution in [0.4, 0.5) is 5.69 Å². The van der Waals surface area contributed by atoms with E-state index in [2.05, 4.69) is 5.32 Å². The number of carbonyl (C=O) groups is 2. The molecule has 1 saturated heterocycles. The Labute approximate surface area is 160 Å². The van der Waals surface area contributed by atoms with Crippen molar-refractivity contribution in [3.63, 3.8) is 0 Å². The van der Waals surface area contributed by atoms with Gasteiger partial charge in [-0.3, -0.25) is 9.59 Å². The highest BCUT2D eigenvalue weighted by Gasteiger charge is 2.18. The summed E-state index contributed by atoms with van der Waals surface area (Å²) in [6.45, 7) is 4.31. The molecule has 142 valence electrons. The number of hydrogen-bond acceptors (Lipinski definition) is 3. The van der Waals surface area contributed by atoms with Gasteiger partial charge >= 0.3 is 0 Å². The zero-order chi connectivity index (χ0) is 19.1. The van der Waals surface area contributed by atoms with Crippen LogP contribution in [0, 0.1) is 0 Å². The number of nitrogens with zero attached hydrogens (tertiary/aromatic N) is 1. The van der Waals surface area contributed by atoms with Crippen molar-refractivity contribution in [2.45, 2.75) is 32.6 Å². The third-order valence-corrected chi connectivity index (χ3v) is 4.60. The summed E-state index contributed by atoms with van der Waals surface area (Å²) in [4.78, 5) is 26.9. The van der Waals surface area contributed by atoms with Gasteiger partial charge in [-0.15, -0.1) is 0 Å². The lowest BCUT2D eigenvalue weighted by Crippen LogP contribution is -2.35. The van der Waals surface area contributed by atoms with Crippen LogP contribution in [0.25, 0.3) is 0 Å². The number of nitrogens with one attached hydrogen (secondary N) is 1. The Morgan fingerprint density at radius 1 is 1.00 bits per heavy atom. The number of likely N-dealkylation sites (tertiary alicyclic amines) is 1. The Morgan fingerprint density at radius 2 is 1.74 bits per heavy atom. The third-order valence-electron chi connectivity index (χ3n) is 4.60. The van der Waals surface area contributed by atoms with Gasteiger partial charge in [-0.25, -0.2) is 0 Å². The first-order chi connectivity index (χ1) is 13.2. The zero-order valence-corrected chi connectivity index (χ0v) is 15.7. The zero-order valence-electron chi connectivity index (χ0n) is 15.7. The smallest absolute Gasteiger partial charge is 0.255 e. The van der Waals surface area contributed by atoms with Crippen molar-refractivity contribution < 1.29 is 14.3 Å². The molecule has 0 aromatic heterocycles. The molecular formula is C22H26N2O3. The predicted octanol–water partition coefficient (Wildman–Crippen LogP) is 4.35. The number of carbonyl (C=O) groups excluding carboxylic acids is 2. The number of rotatable bonds is 6. The maximum atomic E-state index is 12.5. The summed E-state index contributed by atoms with van der Waals surface area (Å²) in [7, 11) is 0. The fourth-order valence-corrected chi connectivity index (χ4v) is 3.13. The van der Waals surface area contributed by atoms with Crippen molar-refractivity contribution in [3.8, 4) is 5.75 Å². The van der Waals surface area contributed by atoms with E-state index in [1.807, 2.05) is 17.9 Å². The Morgan fingerprint density at radius 3 is 2.44 bits per heavy atom. The molecule has 1 heterocycles. The van der Waals surface area contributed by atoms with Crippen molar-refractivity contribution >= 4 is 17.5 Å². The van der Waals surface area contributed by atoms with E-state index in [4.69, 9.17) is 4.74 Å². The van der Waals surface area contributed by atoms with Gasteiger partial charge in [0.1, 0.15) is 5.75 Å². The van der Waals surface area contributed by atoms with E-state index in [-0.39, 0.29) is 11.8 Å². The summed E-state index contributed by atoms with van der Waals surface area (Å²) in [5, 5.41) is 2.87. The van der Waals surface area contributed by atoms with Crippen molar-refractivity contribution in [3.05, 3.63) is 59.7 Å². The van der Waals surface area contributed by atoms with Crippen LogP contribution < -0.4 is 10.1 Å². The second-order valence-corrected chi connectivity index (χ2v) is 6.76. The second kappa shape index (κ2) is 9.21. The summed E-state index contributed by atoms with van der Waals surface area (Å²) < 4.78 is 5.57. The largest absolute Gasteiger partial charge is 0.494 e. The summed E-state index contributed by atoms with van der Waals surface area (Å²) in [5.41, 5.74) is 1.86. The van der Waals surface area contributed by atoms with E-state index in [0.717, 1.165) is 32.4 Å². The van der Waals surface area contributed by atoms with Gasteiger partial charge in [0.05, 0.1) is 6.61 Å². The highest BCUT2D eigenvalue weighted by atomic mass is 16.5. The molecule has 0 unspecified atom stereocenters. The molecule has 5 nitrogen and oxygen atoms in total. The molecule has 0 saturated carbocycles. The van der Waals surface area contributed by atoms with Gasteiger partial charge < -0.3 is 15.0 Å². The second-order valence-electron chi connectivity index (χ2n) is 6.76. The molecule has 1 aliphatic heterocycles. The quantitative estimate of drug-likeness (QED) is 0.827. The van der Waals surface area contributed by atoms with Crippen LogP contribution in [-0.2, 0) is 0 Å². The Hall–Kier alpha value is -2.82.